The van der Waals surface area contributed by atoms with E-state index in [2.05, 4.69) is 123 Å². The van der Waals surface area contributed by atoms with Crippen molar-refractivity contribution in [1.29, 1.82) is 0 Å². The molecule has 0 spiro atoms. The first-order chi connectivity index (χ1) is 27.2. The normalized spacial score (nSPS) is 13.4. The number of esters is 1. The van der Waals surface area contributed by atoms with Crippen LogP contribution in [-0.4, -0.2) is 37.0 Å². The molecule has 1 unspecified atom stereocenters. The molecule has 0 heterocycles. The Balaban J connectivity index is 3.53. The van der Waals surface area contributed by atoms with Gasteiger partial charge in [0.2, 0.25) is 0 Å². The zero-order valence-electron chi connectivity index (χ0n) is 35.6. The van der Waals surface area contributed by atoms with E-state index in [4.69, 9.17) is 9.47 Å². The van der Waals surface area contributed by atoms with Gasteiger partial charge in [0.05, 0.1) is 13.2 Å². The van der Waals surface area contributed by atoms with E-state index in [0.717, 1.165) is 89.9 Å². The zero-order valence-corrected chi connectivity index (χ0v) is 35.6. The van der Waals surface area contributed by atoms with Gasteiger partial charge in [-0.1, -0.05) is 187 Å². The fourth-order valence-electron chi connectivity index (χ4n) is 5.82. The highest BCUT2D eigenvalue weighted by molar-refractivity contribution is 5.69. The van der Waals surface area contributed by atoms with Crippen LogP contribution in [-0.2, 0) is 14.3 Å². The van der Waals surface area contributed by atoms with Crippen LogP contribution in [0.1, 0.15) is 181 Å². The van der Waals surface area contributed by atoms with E-state index in [0.29, 0.717) is 13.0 Å². The molecular weight excluding hydrogens is 677 g/mol. The van der Waals surface area contributed by atoms with Gasteiger partial charge < -0.3 is 14.6 Å². The molecule has 0 aromatic rings. The molecule has 0 saturated carbocycles. The van der Waals surface area contributed by atoms with Crippen LogP contribution in [0.15, 0.2) is 109 Å². The lowest BCUT2D eigenvalue weighted by molar-refractivity contribution is -0.154. The van der Waals surface area contributed by atoms with Crippen molar-refractivity contribution in [3.63, 3.8) is 0 Å². The van der Waals surface area contributed by atoms with Gasteiger partial charge in [-0.15, -0.1) is 0 Å². The second kappa shape index (κ2) is 47.2. The molecule has 0 aliphatic rings. The minimum atomic E-state index is -0.555. The quantitative estimate of drug-likeness (QED) is 0.0384. The van der Waals surface area contributed by atoms with Crippen LogP contribution in [0, 0.1) is 0 Å². The number of carbonyl (C=O) groups is 1. The standard InChI is InChI=1S/C51H84O4/c1-3-5-7-9-11-13-15-17-19-21-23-25-27-29-31-33-35-37-39-41-43-45-47-54-49-50(48-52)55-51(53)46-44-42-40-38-36-34-32-30-28-26-24-22-20-18-16-14-12-10-8-6-4-2/h5-8,11-14,17-20,23-26,29,31,50,52H,3-4,9-10,15-16,21-22,27-28,30,32-49H2,1-2H3/b7-5-,8-6-,13-11-,14-12-,19-17-,20-18-,25-23-,26-24-,31-29-. The number of unbranched alkanes of at least 4 members (excludes halogenated alkanes) is 14. The van der Waals surface area contributed by atoms with E-state index in [-0.39, 0.29) is 19.2 Å². The van der Waals surface area contributed by atoms with E-state index < -0.39 is 6.10 Å². The van der Waals surface area contributed by atoms with Gasteiger partial charge in [-0.25, -0.2) is 0 Å². The average molecular weight is 761 g/mol. The smallest absolute Gasteiger partial charge is 0.306 e. The maximum absolute atomic E-state index is 12.2. The van der Waals surface area contributed by atoms with Gasteiger partial charge in [-0.2, -0.15) is 0 Å². The monoisotopic (exact) mass is 761 g/mol. The molecule has 0 amide bonds. The number of rotatable bonds is 40. The Hall–Kier alpha value is -2.95. The Morgan fingerprint density at radius 3 is 1.15 bits per heavy atom. The Morgan fingerprint density at radius 2 is 0.764 bits per heavy atom. The number of hydrogen-bond donors (Lipinski definition) is 1. The van der Waals surface area contributed by atoms with Crippen molar-refractivity contribution in [2.24, 2.45) is 0 Å². The maximum atomic E-state index is 12.2. The number of ether oxygens (including phenoxy) is 2. The first kappa shape index (κ1) is 52.0. The molecule has 55 heavy (non-hydrogen) atoms. The lowest BCUT2D eigenvalue weighted by Gasteiger charge is -2.15. The number of aliphatic hydroxyl groups excluding tert-OH is 1. The summed E-state index contributed by atoms with van der Waals surface area (Å²) < 4.78 is 11.2. The summed E-state index contributed by atoms with van der Waals surface area (Å²) in [5.74, 6) is -0.219. The Morgan fingerprint density at radius 1 is 0.436 bits per heavy atom. The Labute approximate surface area is 340 Å². The fraction of sp³-hybridized carbons (Fsp3) is 0.627. The van der Waals surface area contributed by atoms with Gasteiger partial charge in [0.25, 0.3) is 0 Å². The summed E-state index contributed by atoms with van der Waals surface area (Å²) in [4.78, 5) is 12.2. The predicted molar refractivity (Wildman–Crippen MR) is 241 cm³/mol. The molecule has 1 atom stereocenters. The Kier molecular flexibility index (Phi) is 44.7. The van der Waals surface area contributed by atoms with Crippen LogP contribution < -0.4 is 0 Å². The molecule has 0 aliphatic carbocycles. The number of carbonyl (C=O) groups excluding carboxylic acids is 1. The highest BCUT2D eigenvalue weighted by Gasteiger charge is 2.13. The molecule has 4 heteroatoms. The summed E-state index contributed by atoms with van der Waals surface area (Å²) in [5.41, 5.74) is 0. The molecule has 0 radical (unpaired) electrons. The highest BCUT2D eigenvalue weighted by Crippen LogP contribution is 2.12. The lowest BCUT2D eigenvalue weighted by atomic mass is 10.1. The molecular formula is C51H84O4. The van der Waals surface area contributed by atoms with Crippen LogP contribution in [0.2, 0.25) is 0 Å². The van der Waals surface area contributed by atoms with Crippen molar-refractivity contribution >= 4 is 5.97 Å². The van der Waals surface area contributed by atoms with Crippen molar-refractivity contribution in [2.45, 2.75) is 187 Å². The van der Waals surface area contributed by atoms with Crippen molar-refractivity contribution in [3.8, 4) is 0 Å². The largest absolute Gasteiger partial charge is 0.457 e. The number of hydrogen-bond acceptors (Lipinski definition) is 4. The van der Waals surface area contributed by atoms with Crippen molar-refractivity contribution in [2.75, 3.05) is 19.8 Å². The minimum absolute atomic E-state index is 0.189. The molecule has 0 fully saturated rings. The second-order valence-electron chi connectivity index (χ2n) is 14.4. The summed E-state index contributed by atoms with van der Waals surface area (Å²) in [6, 6.07) is 0. The van der Waals surface area contributed by atoms with Crippen molar-refractivity contribution in [1.82, 2.24) is 0 Å². The molecule has 0 rings (SSSR count). The van der Waals surface area contributed by atoms with Crippen LogP contribution in [0.25, 0.3) is 0 Å². The highest BCUT2D eigenvalue weighted by atomic mass is 16.6. The summed E-state index contributed by atoms with van der Waals surface area (Å²) in [7, 11) is 0. The Bertz CT molecular complexity index is 1070. The van der Waals surface area contributed by atoms with Gasteiger partial charge in [0.1, 0.15) is 6.10 Å². The molecule has 4 nitrogen and oxygen atoms in total. The van der Waals surface area contributed by atoms with Gasteiger partial charge in [-0.05, 0) is 96.3 Å². The molecule has 0 aromatic heterocycles. The third-order valence-corrected chi connectivity index (χ3v) is 9.09. The molecule has 1 N–H and O–H groups in total. The van der Waals surface area contributed by atoms with E-state index >= 15 is 0 Å². The average Bonchev–Trinajstić information content (AvgIpc) is 3.19. The first-order valence-electron chi connectivity index (χ1n) is 22.5. The van der Waals surface area contributed by atoms with Gasteiger partial charge in [-0.3, -0.25) is 4.79 Å². The van der Waals surface area contributed by atoms with Gasteiger partial charge >= 0.3 is 5.97 Å². The van der Waals surface area contributed by atoms with Gasteiger partial charge in [0.15, 0.2) is 0 Å². The SMILES string of the molecule is CC/C=C\C/C=C\C/C=C\C/C=C\C/C=C\CCCCCCCCOCC(CO)OC(=O)CCCCCCCCCC/C=C\C/C=C\C/C=C\C/C=C\CC. The predicted octanol–water partition coefficient (Wildman–Crippen LogP) is 15.1. The fourth-order valence-corrected chi connectivity index (χ4v) is 5.82. The lowest BCUT2D eigenvalue weighted by Crippen LogP contribution is -2.27. The maximum Gasteiger partial charge on any atom is 0.306 e. The summed E-state index contributed by atoms with van der Waals surface area (Å²) in [6.07, 6.45) is 68.6. The molecule has 0 aromatic carbocycles. The minimum Gasteiger partial charge on any atom is -0.457 e. The molecule has 0 aliphatic heterocycles. The summed E-state index contributed by atoms with van der Waals surface area (Å²) >= 11 is 0. The van der Waals surface area contributed by atoms with Crippen LogP contribution >= 0.6 is 0 Å². The first-order valence-corrected chi connectivity index (χ1v) is 22.5. The van der Waals surface area contributed by atoms with Crippen LogP contribution in [0.3, 0.4) is 0 Å². The molecule has 312 valence electrons. The number of aliphatic hydroxyl groups is 1. The zero-order chi connectivity index (χ0) is 39.8. The third-order valence-electron chi connectivity index (χ3n) is 9.09. The van der Waals surface area contributed by atoms with E-state index in [1.165, 1.54) is 70.6 Å². The van der Waals surface area contributed by atoms with E-state index in [1.54, 1.807) is 0 Å². The van der Waals surface area contributed by atoms with Crippen molar-refractivity contribution < 1.29 is 19.4 Å². The van der Waals surface area contributed by atoms with Crippen LogP contribution in [0.4, 0.5) is 0 Å². The summed E-state index contributed by atoms with van der Waals surface area (Å²) in [5, 5.41) is 9.62. The van der Waals surface area contributed by atoms with E-state index in [9.17, 15) is 9.90 Å². The molecule has 0 bridgehead atoms. The second-order valence-corrected chi connectivity index (χ2v) is 14.4. The van der Waals surface area contributed by atoms with E-state index in [1.807, 2.05) is 0 Å². The van der Waals surface area contributed by atoms with Gasteiger partial charge in [0, 0.05) is 13.0 Å². The topological polar surface area (TPSA) is 55.8 Å². The molecule has 0 saturated heterocycles. The third kappa shape index (κ3) is 45.3. The summed E-state index contributed by atoms with van der Waals surface area (Å²) in [6.45, 7) is 5.06. The van der Waals surface area contributed by atoms with Crippen molar-refractivity contribution in [3.05, 3.63) is 109 Å². The number of allylic oxidation sites excluding steroid dienone is 18. The van der Waals surface area contributed by atoms with Crippen LogP contribution in [0.5, 0.6) is 0 Å².